The summed E-state index contributed by atoms with van der Waals surface area (Å²) >= 11 is 0. The van der Waals surface area contributed by atoms with Crippen LogP contribution in [0.2, 0.25) is 0 Å². The van der Waals surface area contributed by atoms with Crippen molar-refractivity contribution in [3.05, 3.63) is 47.0 Å². The number of ether oxygens (including phenoxy) is 2. The molecular formula is C26H35FN5O9P. The van der Waals surface area contributed by atoms with Crippen molar-refractivity contribution in [3.8, 4) is 5.75 Å². The van der Waals surface area contributed by atoms with Gasteiger partial charge in [0.2, 0.25) is 5.95 Å². The second-order valence-corrected chi connectivity index (χ2v) is 13.0. The van der Waals surface area contributed by atoms with Gasteiger partial charge in [0.15, 0.2) is 23.0 Å². The molecule has 0 radical (unpaired) electrons. The molecule has 4 rings (SSSR count). The van der Waals surface area contributed by atoms with Crippen molar-refractivity contribution in [2.75, 3.05) is 18.6 Å². The minimum atomic E-state index is -4.24. The van der Waals surface area contributed by atoms with Gasteiger partial charge in [0, 0.05) is 0 Å². The molecule has 1 saturated heterocycles. The number of nitrogen functional groups attached to an aromatic ring is 1. The van der Waals surface area contributed by atoms with Crippen LogP contribution in [-0.2, 0) is 23.4 Å². The van der Waals surface area contributed by atoms with E-state index in [4.69, 9.17) is 24.3 Å². The lowest BCUT2D eigenvalue weighted by Gasteiger charge is -2.36. The molecule has 3 aromatic rings. The van der Waals surface area contributed by atoms with Crippen LogP contribution in [0.4, 0.5) is 10.3 Å². The number of hydrogen-bond donors (Lipinski definition) is 4. The lowest BCUT2D eigenvalue weighted by molar-refractivity contribution is -0.151. The number of imidazole rings is 1. The number of nitrogens with two attached hydrogens (primary N) is 1. The summed E-state index contributed by atoms with van der Waals surface area (Å²) in [6.45, 7) is 6.19. The first-order valence-corrected chi connectivity index (χ1v) is 14.9. The van der Waals surface area contributed by atoms with Gasteiger partial charge in [0.05, 0.1) is 24.5 Å². The van der Waals surface area contributed by atoms with Crippen LogP contribution in [0, 0.1) is 5.92 Å². The van der Waals surface area contributed by atoms with Crippen molar-refractivity contribution in [1.82, 2.24) is 19.5 Å². The number of aliphatic hydroxyl groups excluding tert-OH is 1. The van der Waals surface area contributed by atoms with Gasteiger partial charge in [0.25, 0.3) is 5.56 Å². The Morgan fingerprint density at radius 2 is 1.98 bits per heavy atom. The fraction of sp³-hybridized carbons (Fsp3) is 0.538. The highest BCUT2D eigenvalue weighted by Gasteiger charge is 2.62. The largest absolute Gasteiger partial charge is 0.463 e. The minimum absolute atomic E-state index is 0.129. The Balaban J connectivity index is 1.68. The van der Waals surface area contributed by atoms with Gasteiger partial charge in [-0.15, -0.1) is 0 Å². The van der Waals surface area contributed by atoms with Crippen LogP contribution in [0.1, 0.15) is 40.8 Å². The molecule has 2 aromatic heterocycles. The molecule has 230 valence electrons. The van der Waals surface area contributed by atoms with Crippen molar-refractivity contribution in [3.63, 3.8) is 0 Å². The number of anilines is 1. The lowest BCUT2D eigenvalue weighted by Crippen LogP contribution is -2.53. The third-order valence-corrected chi connectivity index (χ3v) is 8.95. The normalized spacial score (nSPS) is 24.9. The van der Waals surface area contributed by atoms with Gasteiger partial charge in [0.1, 0.15) is 30.2 Å². The third-order valence-electron chi connectivity index (χ3n) is 6.72. The average molecular weight is 612 g/mol. The highest BCUT2D eigenvalue weighted by molar-refractivity contribution is 7.54. The van der Waals surface area contributed by atoms with E-state index >= 15 is 0 Å². The number of carbonyl (C=O) groups excluding carboxylic acids is 1. The quantitative estimate of drug-likeness (QED) is 0.182. The zero-order chi connectivity index (χ0) is 31.0. The van der Waals surface area contributed by atoms with Crippen molar-refractivity contribution in [2.45, 2.75) is 70.4 Å². The van der Waals surface area contributed by atoms with Crippen LogP contribution in [0.5, 0.6) is 5.75 Å². The summed E-state index contributed by atoms with van der Waals surface area (Å²) < 4.78 is 52.8. The number of hydrogen-bond acceptors (Lipinski definition) is 12. The standard InChI is InChI=1S/C26H35FN5O9P/c1-14(2)38-22(35)15(3)11-42(37,40-16-9-7-6-8-10-16)41-25(4,5)19-18(33)26(36,12-27)23(39-19)32-13-29-17-20(32)30-24(28)31-21(17)34/h6-10,13-15,18-19,23,33,36H,11-12H2,1-5H3,(H3,28,30,31,34)/t15-,18+,19+,23-,26?,42?/m1/s1. The van der Waals surface area contributed by atoms with E-state index in [1.54, 1.807) is 44.2 Å². The number of nitrogens with one attached hydrogen (secondary N) is 1. The number of esters is 1. The summed E-state index contributed by atoms with van der Waals surface area (Å²) in [5.74, 6) is -1.62. The van der Waals surface area contributed by atoms with Crippen LogP contribution < -0.4 is 15.8 Å². The van der Waals surface area contributed by atoms with E-state index in [0.717, 1.165) is 10.9 Å². The number of aliphatic hydroxyl groups is 2. The molecule has 0 saturated carbocycles. The minimum Gasteiger partial charge on any atom is -0.463 e. The van der Waals surface area contributed by atoms with Crippen molar-refractivity contribution in [2.24, 2.45) is 5.92 Å². The van der Waals surface area contributed by atoms with E-state index in [2.05, 4.69) is 15.0 Å². The van der Waals surface area contributed by atoms with Gasteiger partial charge in [-0.25, -0.2) is 13.9 Å². The maximum Gasteiger partial charge on any atom is 0.380 e. The average Bonchev–Trinajstić information content (AvgIpc) is 3.42. The summed E-state index contributed by atoms with van der Waals surface area (Å²) in [5, 5.41) is 22.5. The number of nitrogens with zero attached hydrogens (tertiary/aromatic N) is 3. The number of benzene rings is 1. The SMILES string of the molecule is CC(C)OC(=O)[C@H](C)CP(=O)(Oc1ccccc1)OC(C)(C)[C@H]1O[C@@H](n2cnc3c(=O)[nH]c(N)nc32)C(O)(CF)[C@H]1O. The van der Waals surface area contributed by atoms with Crippen molar-refractivity contribution < 1.29 is 42.5 Å². The van der Waals surface area contributed by atoms with E-state index in [-0.39, 0.29) is 22.9 Å². The first-order chi connectivity index (χ1) is 19.6. The molecule has 1 aliphatic rings. The topological polar surface area (TPSA) is 201 Å². The van der Waals surface area contributed by atoms with Crippen LogP contribution in [0.15, 0.2) is 41.5 Å². The van der Waals surface area contributed by atoms with Gasteiger partial charge in [-0.1, -0.05) is 25.1 Å². The molecule has 0 aliphatic carbocycles. The first-order valence-electron chi connectivity index (χ1n) is 13.2. The van der Waals surface area contributed by atoms with Crippen LogP contribution in [0.25, 0.3) is 11.2 Å². The summed E-state index contributed by atoms with van der Waals surface area (Å²) in [7, 11) is -4.24. The maximum atomic E-state index is 14.5. The Labute approximate surface area is 240 Å². The number of aromatic nitrogens is 4. The molecule has 6 atom stereocenters. The van der Waals surface area contributed by atoms with E-state index in [9.17, 15) is 28.8 Å². The Morgan fingerprint density at radius 3 is 2.60 bits per heavy atom. The molecule has 42 heavy (non-hydrogen) atoms. The summed E-state index contributed by atoms with van der Waals surface area (Å²) in [4.78, 5) is 35.1. The Hall–Kier alpha value is -3.36. The van der Waals surface area contributed by atoms with Crippen LogP contribution in [0.3, 0.4) is 0 Å². The highest BCUT2D eigenvalue weighted by Crippen LogP contribution is 2.56. The molecule has 0 bridgehead atoms. The zero-order valence-electron chi connectivity index (χ0n) is 23.8. The zero-order valence-corrected chi connectivity index (χ0v) is 24.7. The fourth-order valence-corrected chi connectivity index (χ4v) is 7.02. The molecule has 2 unspecified atom stereocenters. The molecule has 0 spiro atoms. The van der Waals surface area contributed by atoms with Gasteiger partial charge >= 0.3 is 13.6 Å². The van der Waals surface area contributed by atoms with Crippen molar-refractivity contribution in [1.29, 1.82) is 0 Å². The molecule has 5 N–H and O–H groups in total. The molecule has 0 amide bonds. The summed E-state index contributed by atoms with van der Waals surface area (Å²) in [5.41, 5.74) is 0.403. The predicted octanol–water partition coefficient (Wildman–Crippen LogP) is 2.32. The summed E-state index contributed by atoms with van der Waals surface area (Å²) in [6, 6.07) is 8.12. The van der Waals surface area contributed by atoms with Gasteiger partial charge in [-0.2, -0.15) is 4.98 Å². The molecule has 14 nitrogen and oxygen atoms in total. The number of rotatable bonds is 11. The van der Waals surface area contributed by atoms with Crippen molar-refractivity contribution >= 4 is 30.7 Å². The number of carbonyl (C=O) groups is 1. The van der Waals surface area contributed by atoms with Crippen LogP contribution >= 0.6 is 7.60 Å². The molecular weight excluding hydrogens is 576 g/mol. The second-order valence-electron chi connectivity index (χ2n) is 11.0. The molecule has 1 fully saturated rings. The fourth-order valence-electron chi connectivity index (χ4n) is 4.75. The van der Waals surface area contributed by atoms with E-state index in [1.807, 2.05) is 0 Å². The smallest absolute Gasteiger partial charge is 0.380 e. The molecule has 16 heteroatoms. The maximum absolute atomic E-state index is 14.5. The molecule has 1 aliphatic heterocycles. The monoisotopic (exact) mass is 611 g/mol. The number of alkyl halides is 1. The predicted molar refractivity (Wildman–Crippen MR) is 149 cm³/mol. The second kappa shape index (κ2) is 11.7. The summed E-state index contributed by atoms with van der Waals surface area (Å²) in [6.07, 6.45) is -4.83. The Kier molecular flexibility index (Phi) is 8.82. The first kappa shape index (κ1) is 31.6. The van der Waals surface area contributed by atoms with Gasteiger partial charge in [-0.05, 0) is 39.8 Å². The number of halogens is 1. The highest BCUT2D eigenvalue weighted by atomic mass is 31.2. The van der Waals surface area contributed by atoms with Crippen LogP contribution in [-0.4, -0.2) is 78.1 Å². The third kappa shape index (κ3) is 6.20. The van der Waals surface area contributed by atoms with E-state index in [0.29, 0.717) is 0 Å². The van der Waals surface area contributed by atoms with E-state index < -0.39 is 73.6 Å². The number of para-hydroxylation sites is 1. The van der Waals surface area contributed by atoms with Gasteiger partial charge < -0.3 is 29.9 Å². The van der Waals surface area contributed by atoms with E-state index in [1.165, 1.54) is 20.8 Å². The Morgan fingerprint density at radius 1 is 1.31 bits per heavy atom. The molecule has 3 heterocycles. The number of fused-ring (bicyclic) bond motifs is 1. The number of aromatic amines is 1. The number of H-pyrrole nitrogens is 1. The Bertz CT molecular complexity index is 1530. The van der Waals surface area contributed by atoms with Gasteiger partial charge in [-0.3, -0.25) is 23.7 Å². The lowest BCUT2D eigenvalue weighted by atomic mass is 9.88. The molecule has 1 aromatic carbocycles.